The summed E-state index contributed by atoms with van der Waals surface area (Å²) in [5.74, 6) is 0.608. The lowest BCUT2D eigenvalue weighted by Crippen LogP contribution is -2.15. The lowest BCUT2D eigenvalue weighted by molar-refractivity contribution is -0.117. The van der Waals surface area contributed by atoms with Crippen LogP contribution in [-0.2, 0) is 4.79 Å². The number of amides is 1. The summed E-state index contributed by atoms with van der Waals surface area (Å²) in [5, 5.41) is 11.6. The predicted octanol–water partition coefficient (Wildman–Crippen LogP) is 4.37. The highest BCUT2D eigenvalue weighted by Gasteiger charge is 2.09. The fourth-order valence-corrected chi connectivity index (χ4v) is 2.16. The molecule has 0 heterocycles. The molecule has 0 aliphatic carbocycles. The van der Waals surface area contributed by atoms with Crippen molar-refractivity contribution in [3.63, 3.8) is 0 Å². The maximum atomic E-state index is 11.9. The van der Waals surface area contributed by atoms with Gasteiger partial charge in [0.05, 0.1) is 6.07 Å². The molecule has 0 saturated heterocycles. The Kier molecular flexibility index (Phi) is 7.42. The van der Waals surface area contributed by atoms with Gasteiger partial charge in [0.2, 0.25) is 5.91 Å². The van der Waals surface area contributed by atoms with Crippen molar-refractivity contribution in [2.75, 3.05) is 5.32 Å². The lowest BCUT2D eigenvalue weighted by atomic mass is 9.97. The van der Waals surface area contributed by atoms with E-state index in [1.165, 1.54) is 0 Å². The molecule has 0 saturated carbocycles. The van der Waals surface area contributed by atoms with Crippen molar-refractivity contribution in [3.05, 3.63) is 30.3 Å². The highest BCUT2D eigenvalue weighted by Crippen LogP contribution is 2.16. The minimum Gasteiger partial charge on any atom is -0.326 e. The van der Waals surface area contributed by atoms with Gasteiger partial charge in [0.25, 0.3) is 0 Å². The minimum absolute atomic E-state index is 0.0779. The number of carbonyl (C=O) groups is 1. The quantitative estimate of drug-likeness (QED) is 0.714. The Balaban J connectivity index is 2.17. The summed E-state index contributed by atoms with van der Waals surface area (Å²) >= 11 is 0. The van der Waals surface area contributed by atoms with Crippen LogP contribution in [0.1, 0.15) is 46.0 Å². The molecule has 0 fully saturated rings. The van der Waals surface area contributed by atoms with Gasteiger partial charge in [-0.1, -0.05) is 44.4 Å². The molecule has 0 spiro atoms. The van der Waals surface area contributed by atoms with Gasteiger partial charge < -0.3 is 5.32 Å². The zero-order chi connectivity index (χ0) is 14.8. The predicted molar refractivity (Wildman–Crippen MR) is 82.1 cm³/mol. The second-order valence-corrected chi connectivity index (χ2v) is 5.54. The van der Waals surface area contributed by atoms with Crippen LogP contribution >= 0.6 is 0 Å². The molecule has 1 aromatic carbocycles. The van der Waals surface area contributed by atoms with Gasteiger partial charge in [0.1, 0.15) is 0 Å². The minimum atomic E-state index is 0.0779. The van der Waals surface area contributed by atoms with E-state index in [2.05, 4.69) is 18.3 Å². The molecule has 0 radical (unpaired) electrons. The number of nitrogens with one attached hydrogen (secondary N) is 1. The Morgan fingerprint density at radius 1 is 1.20 bits per heavy atom. The molecule has 2 unspecified atom stereocenters. The van der Waals surface area contributed by atoms with Gasteiger partial charge in [0, 0.05) is 18.0 Å². The standard InChI is InChI=1S/C17H24N2O/c1-14(8-6-7-9-15(2)13-18)12-17(20)19-16-10-4-3-5-11-16/h3-5,10-11,14-15H,6-9,12H2,1-2H3,(H,19,20). The summed E-state index contributed by atoms with van der Waals surface area (Å²) in [4.78, 5) is 11.9. The topological polar surface area (TPSA) is 52.9 Å². The third-order valence-corrected chi connectivity index (χ3v) is 3.40. The maximum Gasteiger partial charge on any atom is 0.224 e. The highest BCUT2D eigenvalue weighted by atomic mass is 16.1. The third-order valence-electron chi connectivity index (χ3n) is 3.40. The van der Waals surface area contributed by atoms with E-state index in [0.717, 1.165) is 31.4 Å². The largest absolute Gasteiger partial charge is 0.326 e. The van der Waals surface area contributed by atoms with E-state index in [-0.39, 0.29) is 11.8 Å². The number of hydrogen-bond acceptors (Lipinski definition) is 2. The van der Waals surface area contributed by atoms with E-state index in [4.69, 9.17) is 5.26 Å². The molecule has 108 valence electrons. The molecule has 1 aromatic rings. The average molecular weight is 272 g/mol. The molecule has 0 aliphatic heterocycles. The number of unbranched alkanes of at least 4 members (excludes halogenated alkanes) is 1. The first-order valence-electron chi connectivity index (χ1n) is 7.36. The Morgan fingerprint density at radius 2 is 1.85 bits per heavy atom. The molecule has 20 heavy (non-hydrogen) atoms. The number of carbonyl (C=O) groups excluding carboxylic acids is 1. The van der Waals surface area contributed by atoms with Crippen molar-refractivity contribution in [3.8, 4) is 6.07 Å². The van der Waals surface area contributed by atoms with Crippen LogP contribution in [0.3, 0.4) is 0 Å². The van der Waals surface area contributed by atoms with Crippen LogP contribution in [0.15, 0.2) is 30.3 Å². The Morgan fingerprint density at radius 3 is 2.50 bits per heavy atom. The van der Waals surface area contributed by atoms with E-state index < -0.39 is 0 Å². The van der Waals surface area contributed by atoms with Gasteiger partial charge in [-0.05, 0) is 31.4 Å². The fourth-order valence-electron chi connectivity index (χ4n) is 2.16. The lowest BCUT2D eigenvalue weighted by Gasteiger charge is -2.11. The molecule has 1 N–H and O–H groups in total. The molecular weight excluding hydrogens is 248 g/mol. The molecule has 1 amide bonds. The molecular formula is C17H24N2O. The normalized spacial score (nSPS) is 13.2. The number of hydrogen-bond donors (Lipinski definition) is 1. The van der Waals surface area contributed by atoms with Crippen LogP contribution in [0.5, 0.6) is 0 Å². The van der Waals surface area contributed by atoms with E-state index >= 15 is 0 Å². The molecule has 1 rings (SSSR count). The third kappa shape index (κ3) is 6.94. The average Bonchev–Trinajstić information content (AvgIpc) is 2.44. The van der Waals surface area contributed by atoms with Crippen LogP contribution in [0.25, 0.3) is 0 Å². The summed E-state index contributed by atoms with van der Waals surface area (Å²) in [7, 11) is 0. The highest BCUT2D eigenvalue weighted by molar-refractivity contribution is 5.90. The number of nitriles is 1. The number of nitrogens with zero attached hydrogens (tertiary/aromatic N) is 1. The van der Waals surface area contributed by atoms with Crippen molar-refractivity contribution < 1.29 is 4.79 Å². The van der Waals surface area contributed by atoms with Crippen LogP contribution in [0.2, 0.25) is 0 Å². The van der Waals surface area contributed by atoms with Gasteiger partial charge in [-0.15, -0.1) is 0 Å². The summed E-state index contributed by atoms with van der Waals surface area (Å²) in [5.41, 5.74) is 0.854. The smallest absolute Gasteiger partial charge is 0.224 e. The number of rotatable bonds is 8. The summed E-state index contributed by atoms with van der Waals surface area (Å²) < 4.78 is 0. The van der Waals surface area contributed by atoms with E-state index in [1.54, 1.807) is 0 Å². The van der Waals surface area contributed by atoms with E-state index in [0.29, 0.717) is 12.3 Å². The fraction of sp³-hybridized carbons (Fsp3) is 0.529. The first-order chi connectivity index (χ1) is 9.61. The second-order valence-electron chi connectivity index (χ2n) is 5.54. The van der Waals surface area contributed by atoms with Gasteiger partial charge in [-0.3, -0.25) is 4.79 Å². The number of benzene rings is 1. The summed E-state index contributed by atoms with van der Waals surface area (Å²) in [6, 6.07) is 11.8. The van der Waals surface area contributed by atoms with E-state index in [9.17, 15) is 4.79 Å². The first kappa shape index (κ1) is 16.2. The Hall–Kier alpha value is -1.82. The SMILES string of the molecule is CC(C#N)CCCCC(C)CC(=O)Nc1ccccc1. The van der Waals surface area contributed by atoms with Crippen molar-refractivity contribution in [2.24, 2.45) is 11.8 Å². The van der Waals surface area contributed by atoms with Crippen molar-refractivity contribution in [2.45, 2.75) is 46.0 Å². The molecule has 0 aromatic heterocycles. The van der Waals surface area contributed by atoms with Crippen LogP contribution in [0, 0.1) is 23.2 Å². The Labute approximate surface area is 122 Å². The molecule has 0 bridgehead atoms. The van der Waals surface area contributed by atoms with Crippen molar-refractivity contribution in [1.82, 2.24) is 0 Å². The zero-order valence-electron chi connectivity index (χ0n) is 12.4. The van der Waals surface area contributed by atoms with Gasteiger partial charge >= 0.3 is 0 Å². The van der Waals surface area contributed by atoms with Crippen molar-refractivity contribution >= 4 is 11.6 Å². The van der Waals surface area contributed by atoms with Crippen LogP contribution < -0.4 is 5.32 Å². The monoisotopic (exact) mass is 272 g/mol. The molecule has 3 heteroatoms. The van der Waals surface area contributed by atoms with E-state index in [1.807, 2.05) is 37.3 Å². The van der Waals surface area contributed by atoms with Crippen molar-refractivity contribution in [1.29, 1.82) is 5.26 Å². The van der Waals surface area contributed by atoms with Crippen LogP contribution in [-0.4, -0.2) is 5.91 Å². The molecule has 0 aliphatic rings. The summed E-state index contributed by atoms with van der Waals surface area (Å²) in [6.45, 7) is 4.06. The van der Waals surface area contributed by atoms with Gasteiger partial charge in [-0.25, -0.2) is 0 Å². The first-order valence-corrected chi connectivity index (χ1v) is 7.36. The number of anilines is 1. The van der Waals surface area contributed by atoms with Crippen LogP contribution in [0.4, 0.5) is 5.69 Å². The number of para-hydroxylation sites is 1. The summed E-state index contributed by atoms with van der Waals surface area (Å²) in [6.07, 6.45) is 4.72. The zero-order valence-corrected chi connectivity index (χ0v) is 12.4. The molecule has 2 atom stereocenters. The Bertz CT molecular complexity index is 436. The molecule has 3 nitrogen and oxygen atoms in total. The second kappa shape index (κ2) is 9.14. The van der Waals surface area contributed by atoms with Gasteiger partial charge in [0.15, 0.2) is 0 Å². The van der Waals surface area contributed by atoms with Gasteiger partial charge in [-0.2, -0.15) is 5.26 Å². The maximum absolute atomic E-state index is 11.9.